The van der Waals surface area contributed by atoms with Crippen LogP contribution in [0.25, 0.3) is 16.8 Å². The van der Waals surface area contributed by atoms with Crippen LogP contribution >= 0.6 is 18.5 Å². The van der Waals surface area contributed by atoms with Gasteiger partial charge in [-0.3, -0.25) is 9.48 Å². The molecule has 0 saturated carbocycles. The van der Waals surface area contributed by atoms with Gasteiger partial charge in [-0.05, 0) is 92.2 Å². The van der Waals surface area contributed by atoms with Crippen molar-refractivity contribution >= 4 is 46.5 Å². The highest BCUT2D eigenvalue weighted by Gasteiger charge is 2.23. The monoisotopic (exact) mass is 521 g/mol. The van der Waals surface area contributed by atoms with Crippen molar-refractivity contribution < 1.29 is 9.53 Å². The minimum absolute atomic E-state index is 0.179. The minimum atomic E-state index is -0.216. The number of benzene rings is 1. The molecule has 2 unspecified atom stereocenters. The molecular formula is C27H33N5O2P2. The first-order chi connectivity index (χ1) is 17.1. The van der Waals surface area contributed by atoms with Gasteiger partial charge in [-0.15, -0.1) is 9.24 Å². The lowest BCUT2D eigenvalue weighted by atomic mass is 9.90. The summed E-state index contributed by atoms with van der Waals surface area (Å²) in [4.78, 5) is 17.9. The van der Waals surface area contributed by atoms with Crippen molar-refractivity contribution in [2.24, 2.45) is 0 Å². The lowest BCUT2D eigenvalue weighted by Gasteiger charge is -2.24. The van der Waals surface area contributed by atoms with Gasteiger partial charge in [0.1, 0.15) is 5.65 Å². The van der Waals surface area contributed by atoms with Crippen LogP contribution in [0.15, 0.2) is 43.0 Å². The summed E-state index contributed by atoms with van der Waals surface area (Å²) in [5.74, 6) is 0.242. The summed E-state index contributed by atoms with van der Waals surface area (Å²) in [6.07, 6.45) is 9.59. The second-order valence-electron chi connectivity index (χ2n) is 10.5. The van der Waals surface area contributed by atoms with Crippen LogP contribution in [-0.4, -0.2) is 38.3 Å². The zero-order chi connectivity index (χ0) is 25.6. The molecular weight excluding hydrogens is 488 g/mol. The molecule has 1 saturated heterocycles. The number of carbonyl (C=O) groups is 1. The smallest absolute Gasteiger partial charge is 0.259 e. The molecule has 1 aliphatic heterocycles. The maximum atomic E-state index is 13.2. The zero-order valence-corrected chi connectivity index (χ0v) is 23.5. The van der Waals surface area contributed by atoms with Crippen molar-refractivity contribution in [3.8, 4) is 11.1 Å². The van der Waals surface area contributed by atoms with E-state index in [1.807, 2.05) is 17.1 Å². The lowest BCUT2D eigenvalue weighted by Crippen LogP contribution is -2.32. The number of hydrogen-bond acceptors (Lipinski definition) is 4. The Hall–Kier alpha value is -2.59. The lowest BCUT2D eigenvalue weighted by molar-refractivity contribution is 0.0855. The summed E-state index contributed by atoms with van der Waals surface area (Å²) in [5.41, 5.74) is 7.44. The van der Waals surface area contributed by atoms with Gasteiger partial charge in [0.15, 0.2) is 0 Å². The number of carbonyl (C=O) groups excluding carboxylic acids is 1. The van der Waals surface area contributed by atoms with E-state index in [1.54, 1.807) is 6.20 Å². The first kappa shape index (κ1) is 25.1. The van der Waals surface area contributed by atoms with E-state index in [1.165, 1.54) is 5.56 Å². The van der Waals surface area contributed by atoms with Gasteiger partial charge < -0.3 is 14.5 Å². The number of hydrogen-bond donors (Lipinski definition) is 1. The quantitative estimate of drug-likeness (QED) is 0.404. The summed E-state index contributed by atoms with van der Waals surface area (Å²) in [5, 5.41) is 8.50. The van der Waals surface area contributed by atoms with Crippen LogP contribution in [0.5, 0.6) is 0 Å². The fourth-order valence-electron chi connectivity index (χ4n) is 4.92. The number of aromatic nitrogens is 4. The molecule has 1 amide bonds. The van der Waals surface area contributed by atoms with Crippen molar-refractivity contribution in [1.29, 1.82) is 0 Å². The van der Waals surface area contributed by atoms with Gasteiger partial charge in [-0.25, -0.2) is 4.98 Å². The Labute approximate surface area is 216 Å². The van der Waals surface area contributed by atoms with Crippen LogP contribution in [0.1, 0.15) is 61.0 Å². The Morgan fingerprint density at radius 3 is 2.61 bits per heavy atom. The van der Waals surface area contributed by atoms with E-state index < -0.39 is 0 Å². The van der Waals surface area contributed by atoms with Crippen LogP contribution < -0.4 is 16.1 Å². The van der Waals surface area contributed by atoms with Crippen molar-refractivity contribution in [3.63, 3.8) is 0 Å². The summed E-state index contributed by atoms with van der Waals surface area (Å²) >= 11 is 0. The maximum absolute atomic E-state index is 13.2. The molecule has 1 N–H and O–H groups in total. The zero-order valence-electron chi connectivity index (χ0n) is 21.2. The molecule has 1 aromatic carbocycles. The summed E-state index contributed by atoms with van der Waals surface area (Å²) in [7, 11) is 5.41. The Balaban J connectivity index is 1.52. The molecule has 188 valence electrons. The van der Waals surface area contributed by atoms with E-state index >= 15 is 0 Å². The molecule has 5 rings (SSSR count). The second kappa shape index (κ2) is 9.70. The standard InChI is InChI=1S/C27H33N5O2P2/c1-16-11-23(35)22(30-25(33)21-14-29-32(26(21)36)27(2,3)4)13-19(16)18-12-20(17-5-9-34-10-6-17)24-28-7-8-31(24)15-18/h7-8,11-15,17H,5-6,9-10,35-36H2,1-4H3,(H,30,33). The number of pyridine rings is 1. The number of nitrogens with zero attached hydrogens (tertiary/aromatic N) is 4. The Morgan fingerprint density at radius 2 is 1.92 bits per heavy atom. The van der Waals surface area contributed by atoms with Crippen molar-refractivity contribution in [3.05, 3.63) is 59.7 Å². The van der Waals surface area contributed by atoms with Crippen LogP contribution in [-0.2, 0) is 10.3 Å². The molecule has 0 bridgehead atoms. The summed E-state index contributed by atoms with van der Waals surface area (Å²) < 4.78 is 9.56. The Kier molecular flexibility index (Phi) is 6.76. The summed E-state index contributed by atoms with van der Waals surface area (Å²) in [6, 6.07) is 6.43. The Bertz CT molecular complexity index is 1440. The molecule has 9 heteroatoms. The number of ether oxygens (including phenoxy) is 1. The fraction of sp³-hybridized carbons (Fsp3) is 0.370. The van der Waals surface area contributed by atoms with E-state index in [4.69, 9.17) is 4.74 Å². The van der Waals surface area contributed by atoms with E-state index in [9.17, 15) is 4.79 Å². The van der Waals surface area contributed by atoms with Crippen molar-refractivity contribution in [2.75, 3.05) is 18.5 Å². The average Bonchev–Trinajstić information content (AvgIpc) is 3.47. The SMILES string of the molecule is Cc1cc(P)c(NC(=O)c2cnn(C(C)(C)C)c2P)cc1-c1cc(C2CCOCC2)c2nccn2c1. The molecule has 0 radical (unpaired) electrons. The average molecular weight is 522 g/mol. The molecule has 36 heavy (non-hydrogen) atoms. The molecule has 4 heterocycles. The van der Waals surface area contributed by atoms with Gasteiger partial charge >= 0.3 is 0 Å². The van der Waals surface area contributed by atoms with Crippen LogP contribution in [0.4, 0.5) is 5.69 Å². The predicted molar refractivity (Wildman–Crippen MR) is 152 cm³/mol. The largest absolute Gasteiger partial charge is 0.381 e. The first-order valence-electron chi connectivity index (χ1n) is 12.2. The van der Waals surface area contributed by atoms with Gasteiger partial charge in [-0.2, -0.15) is 5.10 Å². The number of fused-ring (bicyclic) bond motifs is 1. The molecule has 7 nitrogen and oxygen atoms in total. The molecule has 1 aliphatic rings. The molecule has 3 aromatic heterocycles. The highest BCUT2D eigenvalue weighted by Crippen LogP contribution is 2.34. The third-order valence-corrected chi connectivity index (χ3v) is 7.85. The molecule has 4 aromatic rings. The molecule has 2 atom stereocenters. The van der Waals surface area contributed by atoms with E-state index in [0.29, 0.717) is 11.5 Å². The van der Waals surface area contributed by atoms with Crippen molar-refractivity contribution in [2.45, 2.75) is 52.0 Å². The predicted octanol–water partition coefficient (Wildman–Crippen LogP) is 4.41. The van der Waals surface area contributed by atoms with Gasteiger partial charge in [0.05, 0.1) is 22.7 Å². The third kappa shape index (κ3) is 4.72. The van der Waals surface area contributed by atoms with Crippen LogP contribution in [0.2, 0.25) is 0 Å². The normalized spacial score (nSPS) is 14.9. The maximum Gasteiger partial charge on any atom is 0.259 e. The number of imidazole rings is 1. The Morgan fingerprint density at radius 1 is 1.17 bits per heavy atom. The van der Waals surface area contributed by atoms with Gasteiger partial charge in [0.2, 0.25) is 0 Å². The number of rotatable bonds is 4. The molecule has 0 spiro atoms. The number of anilines is 1. The van der Waals surface area contributed by atoms with Crippen molar-refractivity contribution in [1.82, 2.24) is 19.2 Å². The molecule has 1 fully saturated rings. The van der Waals surface area contributed by atoms with E-state index in [-0.39, 0.29) is 11.4 Å². The highest BCUT2D eigenvalue weighted by atomic mass is 31.0. The fourth-order valence-corrected chi connectivity index (χ4v) is 5.99. The number of nitrogens with one attached hydrogen (secondary N) is 1. The van der Waals surface area contributed by atoms with E-state index in [0.717, 1.165) is 64.8 Å². The summed E-state index contributed by atoms with van der Waals surface area (Å²) in [6.45, 7) is 9.86. The van der Waals surface area contributed by atoms with Gasteiger partial charge in [0.25, 0.3) is 5.91 Å². The third-order valence-electron chi connectivity index (χ3n) is 6.82. The molecule has 0 aliphatic carbocycles. The number of aryl methyl sites for hydroxylation is 1. The minimum Gasteiger partial charge on any atom is -0.381 e. The van der Waals surface area contributed by atoms with Gasteiger partial charge in [-0.1, -0.05) is 9.24 Å². The number of amides is 1. The second-order valence-corrected chi connectivity index (χ2v) is 11.6. The van der Waals surface area contributed by atoms with Gasteiger partial charge in [0, 0.05) is 37.5 Å². The van der Waals surface area contributed by atoms with Crippen LogP contribution in [0.3, 0.4) is 0 Å². The van der Waals surface area contributed by atoms with E-state index in [2.05, 4.69) is 90.4 Å². The topological polar surface area (TPSA) is 73.5 Å². The van der Waals surface area contributed by atoms with Crippen LogP contribution in [0, 0.1) is 6.92 Å². The first-order valence-corrected chi connectivity index (χ1v) is 13.4. The highest BCUT2D eigenvalue weighted by molar-refractivity contribution is 7.28.